The molecule has 10 heteroatoms. The number of methoxy groups -OCH3 is 1. The number of hydrogen-bond acceptors (Lipinski definition) is 9. The van der Waals surface area contributed by atoms with E-state index in [-0.39, 0.29) is 17.2 Å². The van der Waals surface area contributed by atoms with Crippen LogP contribution in [-0.4, -0.2) is 69.8 Å². The second kappa shape index (κ2) is 7.06. The zero-order valence-electron chi connectivity index (χ0n) is 12.1. The number of aliphatic hydroxyl groups is 4. The van der Waals surface area contributed by atoms with E-state index in [1.54, 1.807) is 0 Å². The van der Waals surface area contributed by atoms with E-state index in [2.05, 4.69) is 0 Å². The lowest BCUT2D eigenvalue weighted by Gasteiger charge is -2.39. The van der Waals surface area contributed by atoms with Gasteiger partial charge in [0.05, 0.1) is 24.7 Å². The highest BCUT2D eigenvalue weighted by molar-refractivity contribution is 5.48. The zero-order valence-corrected chi connectivity index (χ0v) is 12.1. The molecule has 0 bridgehead atoms. The molecule has 0 unspecified atom stereocenters. The molecule has 0 amide bonds. The molecule has 1 aliphatic heterocycles. The van der Waals surface area contributed by atoms with Crippen LogP contribution >= 0.6 is 0 Å². The summed E-state index contributed by atoms with van der Waals surface area (Å²) in [5.74, 6) is 0.0248. The molecule has 0 radical (unpaired) electrons. The Morgan fingerprint density at radius 2 is 1.96 bits per heavy atom. The van der Waals surface area contributed by atoms with Crippen LogP contribution in [0.5, 0.6) is 11.5 Å². The molecule has 10 nitrogen and oxygen atoms in total. The Labute approximate surface area is 130 Å². The molecule has 2 rings (SSSR count). The maximum atomic E-state index is 10.7. The van der Waals surface area contributed by atoms with Gasteiger partial charge in [-0.2, -0.15) is 0 Å². The fraction of sp³-hybridized carbons (Fsp3) is 0.538. The molecular formula is C13H17NO9. The summed E-state index contributed by atoms with van der Waals surface area (Å²) in [6, 6.07) is 3.51. The van der Waals surface area contributed by atoms with Crippen molar-refractivity contribution in [1.29, 1.82) is 0 Å². The van der Waals surface area contributed by atoms with Crippen molar-refractivity contribution < 1.29 is 39.6 Å². The van der Waals surface area contributed by atoms with Gasteiger partial charge in [-0.15, -0.1) is 0 Å². The molecule has 1 aromatic carbocycles. The minimum Gasteiger partial charge on any atom is -0.493 e. The summed E-state index contributed by atoms with van der Waals surface area (Å²) in [7, 11) is 1.27. The molecule has 23 heavy (non-hydrogen) atoms. The van der Waals surface area contributed by atoms with E-state index < -0.39 is 42.2 Å². The van der Waals surface area contributed by atoms with Crippen LogP contribution in [0, 0.1) is 10.1 Å². The number of ether oxygens (including phenoxy) is 3. The van der Waals surface area contributed by atoms with Crippen molar-refractivity contribution in [3.63, 3.8) is 0 Å². The number of nitro benzene ring substituents is 1. The van der Waals surface area contributed by atoms with Crippen LogP contribution in [0.1, 0.15) is 0 Å². The van der Waals surface area contributed by atoms with Gasteiger partial charge in [-0.25, -0.2) is 0 Å². The quantitative estimate of drug-likeness (QED) is 0.384. The summed E-state index contributed by atoms with van der Waals surface area (Å²) in [6.07, 6.45) is -7.17. The van der Waals surface area contributed by atoms with Crippen LogP contribution < -0.4 is 9.47 Å². The van der Waals surface area contributed by atoms with Crippen molar-refractivity contribution in [2.75, 3.05) is 13.7 Å². The van der Waals surface area contributed by atoms with E-state index in [1.165, 1.54) is 13.2 Å². The predicted octanol–water partition coefficient (Wildman–Crippen LogP) is -1.22. The molecule has 128 valence electrons. The largest absolute Gasteiger partial charge is 0.493 e. The van der Waals surface area contributed by atoms with Gasteiger partial charge in [-0.05, 0) is 6.07 Å². The fourth-order valence-electron chi connectivity index (χ4n) is 2.21. The molecule has 4 N–H and O–H groups in total. The minimum absolute atomic E-state index is 0.0115. The van der Waals surface area contributed by atoms with Crippen LogP contribution in [0.15, 0.2) is 18.2 Å². The van der Waals surface area contributed by atoms with E-state index in [0.29, 0.717) is 0 Å². The van der Waals surface area contributed by atoms with Crippen LogP contribution in [0.25, 0.3) is 0 Å². The van der Waals surface area contributed by atoms with Crippen molar-refractivity contribution in [3.05, 3.63) is 28.3 Å². The summed E-state index contributed by atoms with van der Waals surface area (Å²) in [6.45, 7) is -0.594. The number of nitrogens with zero attached hydrogens (tertiary/aromatic N) is 1. The summed E-state index contributed by atoms with van der Waals surface area (Å²) >= 11 is 0. The first kappa shape index (κ1) is 17.4. The molecule has 0 aromatic heterocycles. The van der Waals surface area contributed by atoms with Gasteiger partial charge in [0.2, 0.25) is 0 Å². The van der Waals surface area contributed by atoms with Gasteiger partial charge in [-0.1, -0.05) is 0 Å². The summed E-state index contributed by atoms with van der Waals surface area (Å²) < 4.78 is 15.3. The Morgan fingerprint density at radius 1 is 1.26 bits per heavy atom. The zero-order chi connectivity index (χ0) is 17.1. The topological polar surface area (TPSA) is 152 Å². The van der Waals surface area contributed by atoms with Crippen molar-refractivity contribution in [3.8, 4) is 11.5 Å². The van der Waals surface area contributed by atoms with E-state index in [9.17, 15) is 25.4 Å². The van der Waals surface area contributed by atoms with E-state index in [1.807, 2.05) is 0 Å². The molecular weight excluding hydrogens is 314 g/mol. The highest BCUT2D eigenvalue weighted by Gasteiger charge is 2.45. The fourth-order valence-corrected chi connectivity index (χ4v) is 2.21. The SMILES string of the molecule is COc1cc([N+](=O)[O-])ccc1O[C@@H]1[C@@H](O)[C@@H](O)[C@@H](CO)O[C@H]1O. The first-order valence-corrected chi connectivity index (χ1v) is 6.68. The van der Waals surface area contributed by atoms with Crippen molar-refractivity contribution >= 4 is 5.69 Å². The van der Waals surface area contributed by atoms with Crippen molar-refractivity contribution in [2.45, 2.75) is 30.7 Å². The van der Waals surface area contributed by atoms with Crippen molar-refractivity contribution in [2.24, 2.45) is 0 Å². The first-order valence-electron chi connectivity index (χ1n) is 6.68. The maximum Gasteiger partial charge on any atom is 0.273 e. The molecule has 0 spiro atoms. The molecule has 1 heterocycles. The highest BCUT2D eigenvalue weighted by Crippen LogP contribution is 2.34. The lowest BCUT2D eigenvalue weighted by atomic mass is 9.99. The average molecular weight is 331 g/mol. The molecule has 1 saturated heterocycles. The number of rotatable bonds is 5. The van der Waals surface area contributed by atoms with Gasteiger partial charge < -0.3 is 34.6 Å². The van der Waals surface area contributed by atoms with Gasteiger partial charge in [0.1, 0.15) is 18.3 Å². The van der Waals surface area contributed by atoms with E-state index >= 15 is 0 Å². The summed E-state index contributed by atoms with van der Waals surface area (Å²) in [4.78, 5) is 10.1. The monoisotopic (exact) mass is 331 g/mol. The molecule has 0 aliphatic carbocycles. The highest BCUT2D eigenvalue weighted by atomic mass is 16.7. The Morgan fingerprint density at radius 3 is 2.52 bits per heavy atom. The Balaban J connectivity index is 2.22. The van der Waals surface area contributed by atoms with Gasteiger partial charge >= 0.3 is 0 Å². The van der Waals surface area contributed by atoms with E-state index in [0.717, 1.165) is 12.1 Å². The molecule has 5 atom stereocenters. The van der Waals surface area contributed by atoms with E-state index in [4.69, 9.17) is 19.3 Å². The number of benzene rings is 1. The number of aliphatic hydroxyl groups excluding tert-OH is 4. The van der Waals surface area contributed by atoms with Crippen LogP contribution in [0.3, 0.4) is 0 Å². The maximum absolute atomic E-state index is 10.7. The Hall–Kier alpha value is -1.98. The second-order valence-electron chi connectivity index (χ2n) is 4.90. The second-order valence-corrected chi connectivity index (χ2v) is 4.90. The predicted molar refractivity (Wildman–Crippen MR) is 74.0 cm³/mol. The minimum atomic E-state index is -1.62. The number of non-ortho nitro benzene ring substituents is 1. The number of nitro groups is 1. The third-order valence-electron chi connectivity index (χ3n) is 3.46. The Bertz CT molecular complexity index is 566. The normalized spacial score (nSPS) is 30.7. The summed E-state index contributed by atoms with van der Waals surface area (Å²) in [5, 5.41) is 49.4. The lowest BCUT2D eigenvalue weighted by molar-refractivity contribution is -0.385. The van der Waals surface area contributed by atoms with Crippen LogP contribution in [0.4, 0.5) is 5.69 Å². The van der Waals surface area contributed by atoms with Gasteiger partial charge in [0.15, 0.2) is 23.9 Å². The molecule has 1 fully saturated rings. The van der Waals surface area contributed by atoms with Crippen molar-refractivity contribution in [1.82, 2.24) is 0 Å². The third-order valence-corrected chi connectivity index (χ3v) is 3.46. The Kier molecular flexibility index (Phi) is 5.34. The third kappa shape index (κ3) is 3.51. The van der Waals surface area contributed by atoms with Gasteiger partial charge in [0, 0.05) is 6.07 Å². The smallest absolute Gasteiger partial charge is 0.273 e. The van der Waals surface area contributed by atoms with Crippen LogP contribution in [-0.2, 0) is 4.74 Å². The first-order chi connectivity index (χ1) is 10.9. The van der Waals surface area contributed by atoms with Crippen LogP contribution in [0.2, 0.25) is 0 Å². The average Bonchev–Trinajstić information content (AvgIpc) is 2.54. The van der Waals surface area contributed by atoms with Gasteiger partial charge in [0.25, 0.3) is 5.69 Å². The summed E-state index contributed by atoms with van der Waals surface area (Å²) in [5.41, 5.74) is -0.226. The lowest BCUT2D eigenvalue weighted by Crippen LogP contribution is -2.60. The van der Waals surface area contributed by atoms with Gasteiger partial charge in [-0.3, -0.25) is 10.1 Å². The number of hydrogen-bond donors (Lipinski definition) is 4. The molecule has 1 aromatic rings. The standard InChI is InChI=1S/C13H17NO9/c1-21-8-4-6(14(19)20)2-3-7(8)22-12-11(17)10(16)9(5-15)23-13(12)18/h2-4,9-13,15-18H,5H2,1H3/t9-,10+,11+,12-,13-/m1/s1. The molecule has 1 aliphatic rings. The molecule has 0 saturated carbocycles.